The average Bonchev–Trinajstić information content (AvgIpc) is 2.63. The second-order valence-electron chi connectivity index (χ2n) is 7.57. The summed E-state index contributed by atoms with van der Waals surface area (Å²) in [4.78, 5) is 3.38. The van der Waals surface area contributed by atoms with Crippen molar-refractivity contribution in [2.24, 2.45) is 23.7 Å². The Bertz CT molecular complexity index is 600. The Morgan fingerprint density at radius 2 is 1.62 bits per heavy atom. The van der Waals surface area contributed by atoms with Crippen molar-refractivity contribution in [1.82, 2.24) is 4.98 Å². The summed E-state index contributed by atoms with van der Waals surface area (Å²) < 4.78 is 26.0. The van der Waals surface area contributed by atoms with E-state index in [9.17, 15) is 8.78 Å². The Morgan fingerprint density at radius 1 is 1.00 bits per heavy atom. The van der Waals surface area contributed by atoms with E-state index in [0.29, 0.717) is 11.5 Å². The van der Waals surface area contributed by atoms with E-state index < -0.39 is 11.8 Å². The van der Waals surface area contributed by atoms with Gasteiger partial charge in [-0.15, -0.1) is 0 Å². The van der Waals surface area contributed by atoms with Crippen molar-refractivity contribution in [3.63, 3.8) is 0 Å². The molecule has 0 radical (unpaired) electrons. The highest BCUT2D eigenvalue weighted by Crippen LogP contribution is 2.41. The van der Waals surface area contributed by atoms with E-state index in [1.807, 2.05) is 0 Å². The minimum Gasteiger partial charge on any atom is -0.224 e. The summed E-state index contributed by atoms with van der Waals surface area (Å²) in [5.41, 5.74) is 0.467. The zero-order chi connectivity index (χ0) is 16.9. The van der Waals surface area contributed by atoms with Crippen LogP contribution in [0.1, 0.15) is 70.3 Å². The fraction of sp³-hybridized carbons (Fsp3) is 0.667. The Hall–Kier alpha value is -1.43. The fourth-order valence-corrected chi connectivity index (χ4v) is 4.48. The van der Waals surface area contributed by atoms with Gasteiger partial charge in [-0.25, -0.2) is 9.37 Å². The second-order valence-corrected chi connectivity index (χ2v) is 7.57. The molecule has 0 spiro atoms. The van der Waals surface area contributed by atoms with Crippen LogP contribution in [0.25, 0.3) is 0 Å². The third kappa shape index (κ3) is 4.35. The summed E-state index contributed by atoms with van der Waals surface area (Å²) in [6.45, 7) is 2.32. The molecule has 0 aromatic carbocycles. The van der Waals surface area contributed by atoms with Crippen molar-refractivity contribution >= 4 is 0 Å². The van der Waals surface area contributed by atoms with E-state index in [-0.39, 0.29) is 0 Å². The van der Waals surface area contributed by atoms with E-state index in [0.717, 1.165) is 36.7 Å². The van der Waals surface area contributed by atoms with Crippen LogP contribution in [-0.4, -0.2) is 4.98 Å². The van der Waals surface area contributed by atoms with E-state index in [1.165, 1.54) is 51.1 Å². The van der Waals surface area contributed by atoms with Crippen LogP contribution >= 0.6 is 0 Å². The van der Waals surface area contributed by atoms with Gasteiger partial charge in [-0.1, -0.05) is 38.0 Å². The van der Waals surface area contributed by atoms with Gasteiger partial charge in [-0.05, 0) is 62.3 Å². The minimum absolute atomic E-state index is 0.390. The maximum Gasteiger partial charge on any atom is 0.248 e. The van der Waals surface area contributed by atoms with Gasteiger partial charge in [-0.2, -0.15) is 4.39 Å². The standard InChI is InChI=1S/C21H27F2N/c1-2-15-5-9-18(10-6-15)19-11-7-16(8-12-19)3-4-17-13-20(22)21(23)24-14-17/h13-16,18-19H,2,5-12H2,1H3. The molecule has 0 amide bonds. The first-order valence-electron chi connectivity index (χ1n) is 9.48. The number of hydrogen-bond donors (Lipinski definition) is 0. The summed E-state index contributed by atoms with van der Waals surface area (Å²) in [5, 5.41) is 0. The highest BCUT2D eigenvalue weighted by atomic mass is 19.2. The monoisotopic (exact) mass is 331 g/mol. The van der Waals surface area contributed by atoms with Gasteiger partial charge in [0.25, 0.3) is 0 Å². The SMILES string of the molecule is CCC1CCC(C2CCC(C#Cc3cnc(F)c(F)c3)CC2)CC1. The molecule has 2 saturated carbocycles. The maximum atomic E-state index is 13.1. The molecule has 1 aromatic heterocycles. The molecule has 0 unspecified atom stereocenters. The van der Waals surface area contributed by atoms with Gasteiger partial charge >= 0.3 is 0 Å². The van der Waals surface area contributed by atoms with Gasteiger partial charge in [0, 0.05) is 17.7 Å². The molecule has 0 atom stereocenters. The summed E-state index contributed by atoms with van der Waals surface area (Å²) >= 11 is 0. The smallest absolute Gasteiger partial charge is 0.224 e. The normalized spacial score (nSPS) is 30.5. The van der Waals surface area contributed by atoms with Crippen molar-refractivity contribution < 1.29 is 8.78 Å². The molecule has 1 heterocycles. The molecule has 0 N–H and O–H groups in total. The molecule has 2 aliphatic carbocycles. The zero-order valence-electron chi connectivity index (χ0n) is 14.5. The lowest BCUT2D eigenvalue weighted by Gasteiger charge is -2.36. The van der Waals surface area contributed by atoms with Crippen LogP contribution in [0.3, 0.4) is 0 Å². The lowest BCUT2D eigenvalue weighted by Crippen LogP contribution is -2.25. The highest BCUT2D eigenvalue weighted by molar-refractivity contribution is 5.32. The van der Waals surface area contributed by atoms with Crippen molar-refractivity contribution in [2.45, 2.75) is 64.7 Å². The van der Waals surface area contributed by atoms with Crippen molar-refractivity contribution in [1.29, 1.82) is 0 Å². The van der Waals surface area contributed by atoms with E-state index in [4.69, 9.17) is 0 Å². The lowest BCUT2D eigenvalue weighted by atomic mass is 9.69. The minimum atomic E-state index is -1.06. The summed E-state index contributed by atoms with van der Waals surface area (Å²) in [7, 11) is 0. The van der Waals surface area contributed by atoms with Crippen molar-refractivity contribution in [3.05, 3.63) is 29.6 Å². The number of aromatic nitrogens is 1. The summed E-state index contributed by atoms with van der Waals surface area (Å²) in [6.07, 6.45) is 13.2. The Balaban J connectivity index is 1.49. The van der Waals surface area contributed by atoms with E-state index in [1.54, 1.807) is 0 Å². The molecule has 2 aliphatic rings. The number of pyridine rings is 1. The summed E-state index contributed by atoms with van der Waals surface area (Å²) in [6, 6.07) is 1.13. The maximum absolute atomic E-state index is 13.1. The molecule has 0 saturated heterocycles. The van der Waals surface area contributed by atoms with Crippen LogP contribution < -0.4 is 0 Å². The predicted octanol–water partition coefficient (Wildman–Crippen LogP) is 5.73. The van der Waals surface area contributed by atoms with Crippen molar-refractivity contribution in [3.8, 4) is 11.8 Å². The molecule has 24 heavy (non-hydrogen) atoms. The van der Waals surface area contributed by atoms with Gasteiger partial charge in [0.1, 0.15) is 0 Å². The molecule has 1 nitrogen and oxygen atoms in total. The first kappa shape index (κ1) is 17.4. The van der Waals surface area contributed by atoms with Crippen LogP contribution in [0.15, 0.2) is 12.3 Å². The van der Waals surface area contributed by atoms with E-state index >= 15 is 0 Å². The number of rotatable bonds is 2. The zero-order valence-corrected chi connectivity index (χ0v) is 14.5. The van der Waals surface area contributed by atoms with Gasteiger partial charge in [0.2, 0.25) is 5.95 Å². The molecule has 3 heteroatoms. The Kier molecular flexibility index (Phi) is 5.87. The molecule has 130 valence electrons. The van der Waals surface area contributed by atoms with Gasteiger partial charge in [0.15, 0.2) is 5.82 Å². The topological polar surface area (TPSA) is 12.9 Å². The van der Waals surface area contributed by atoms with Gasteiger partial charge in [0.05, 0.1) is 0 Å². The average molecular weight is 331 g/mol. The molecule has 0 bridgehead atoms. The second kappa shape index (κ2) is 8.10. The molecular formula is C21H27F2N. The van der Waals surface area contributed by atoms with Crippen LogP contribution in [0.2, 0.25) is 0 Å². The first-order valence-corrected chi connectivity index (χ1v) is 9.48. The first-order chi connectivity index (χ1) is 11.7. The van der Waals surface area contributed by atoms with Crippen LogP contribution in [-0.2, 0) is 0 Å². The highest BCUT2D eigenvalue weighted by Gasteiger charge is 2.29. The third-order valence-corrected chi connectivity index (χ3v) is 6.12. The molecule has 2 fully saturated rings. The van der Waals surface area contributed by atoms with Gasteiger partial charge in [-0.3, -0.25) is 0 Å². The van der Waals surface area contributed by atoms with Crippen LogP contribution in [0.4, 0.5) is 8.78 Å². The molecule has 3 rings (SSSR count). The Labute approximate surface area is 144 Å². The van der Waals surface area contributed by atoms with E-state index in [2.05, 4.69) is 23.7 Å². The quantitative estimate of drug-likeness (QED) is 0.498. The molecule has 1 aromatic rings. The largest absolute Gasteiger partial charge is 0.248 e. The lowest BCUT2D eigenvalue weighted by molar-refractivity contribution is 0.156. The molecular weight excluding hydrogens is 304 g/mol. The third-order valence-electron chi connectivity index (χ3n) is 6.12. The number of halogens is 2. The number of hydrogen-bond acceptors (Lipinski definition) is 1. The predicted molar refractivity (Wildman–Crippen MR) is 92.2 cm³/mol. The Morgan fingerprint density at radius 3 is 2.21 bits per heavy atom. The number of nitrogens with zero attached hydrogens (tertiary/aromatic N) is 1. The van der Waals surface area contributed by atoms with Crippen LogP contribution in [0.5, 0.6) is 0 Å². The van der Waals surface area contributed by atoms with Crippen molar-refractivity contribution in [2.75, 3.05) is 0 Å². The summed E-state index contributed by atoms with van der Waals surface area (Å²) in [5.74, 6) is 7.40. The fourth-order valence-electron chi connectivity index (χ4n) is 4.48. The van der Waals surface area contributed by atoms with Gasteiger partial charge < -0.3 is 0 Å². The van der Waals surface area contributed by atoms with Crippen LogP contribution in [0, 0.1) is 47.3 Å². The molecule has 0 aliphatic heterocycles.